The third-order valence-corrected chi connectivity index (χ3v) is 6.84. The molecule has 0 spiro atoms. The molecule has 0 bridgehead atoms. The van der Waals surface area contributed by atoms with Crippen molar-refractivity contribution in [2.75, 3.05) is 13.2 Å². The van der Waals surface area contributed by atoms with E-state index in [0.717, 1.165) is 16.6 Å². The Morgan fingerprint density at radius 2 is 1.83 bits per heavy atom. The molecule has 1 aromatic carbocycles. The summed E-state index contributed by atoms with van der Waals surface area (Å²) < 4.78 is 19.4. The van der Waals surface area contributed by atoms with E-state index in [0.29, 0.717) is 30.5 Å². The van der Waals surface area contributed by atoms with Crippen molar-refractivity contribution in [3.05, 3.63) is 33.9 Å². The lowest BCUT2D eigenvalue weighted by Crippen LogP contribution is -2.41. The maximum atomic E-state index is 13.3. The number of nitrogens with zero attached hydrogens (tertiary/aromatic N) is 2. The van der Waals surface area contributed by atoms with E-state index in [-0.39, 0.29) is 5.56 Å². The number of aryl methyl sites for hydroxylation is 1. The Labute approximate surface area is 171 Å². The molecule has 2 saturated heterocycles. The summed E-state index contributed by atoms with van der Waals surface area (Å²) in [6.07, 6.45) is 1.39. The summed E-state index contributed by atoms with van der Waals surface area (Å²) in [4.78, 5) is 17.9. The Balaban J connectivity index is 1.85. The van der Waals surface area contributed by atoms with E-state index in [1.165, 1.54) is 10.9 Å². The maximum absolute atomic E-state index is 13.3. The molecule has 0 amide bonds. The molecule has 2 fully saturated rings. The summed E-state index contributed by atoms with van der Waals surface area (Å²) in [5.41, 5.74) is 2.31. The van der Waals surface area contributed by atoms with Crippen LogP contribution in [-0.2, 0) is 14.0 Å². The summed E-state index contributed by atoms with van der Waals surface area (Å²) in [7, 11) is -0.556. The number of fused-ring (bicyclic) bond motifs is 1. The molecule has 156 valence electrons. The highest BCUT2D eigenvalue weighted by atomic mass is 16.7. The number of benzene rings is 1. The second-order valence-corrected chi connectivity index (χ2v) is 9.16. The molecule has 1 aromatic heterocycles. The minimum Gasteiger partial charge on any atom is -0.399 e. The van der Waals surface area contributed by atoms with Gasteiger partial charge in [0.2, 0.25) is 0 Å². The van der Waals surface area contributed by atoms with Crippen LogP contribution < -0.4 is 11.0 Å². The Kier molecular flexibility index (Phi) is 4.89. The lowest BCUT2D eigenvalue weighted by molar-refractivity contribution is -0.0303. The predicted molar refractivity (Wildman–Crippen MR) is 112 cm³/mol. The zero-order valence-electron chi connectivity index (χ0n) is 18.0. The van der Waals surface area contributed by atoms with Gasteiger partial charge >= 0.3 is 7.12 Å². The fourth-order valence-corrected chi connectivity index (χ4v) is 4.00. The highest BCUT2D eigenvalue weighted by Crippen LogP contribution is 2.37. The molecule has 4 rings (SSSR count). The van der Waals surface area contributed by atoms with Crippen molar-refractivity contribution < 1.29 is 19.2 Å². The van der Waals surface area contributed by atoms with Gasteiger partial charge in [-0.25, -0.2) is 4.98 Å². The maximum Gasteiger partial charge on any atom is 0.495 e. The average molecular weight is 400 g/mol. The van der Waals surface area contributed by atoms with Crippen LogP contribution in [-0.4, -0.2) is 52.3 Å². The van der Waals surface area contributed by atoms with Gasteiger partial charge < -0.3 is 19.2 Å². The first-order valence-electron chi connectivity index (χ1n) is 10.2. The molecule has 2 aromatic rings. The summed E-state index contributed by atoms with van der Waals surface area (Å²) in [6, 6.07) is 1.40. The smallest absolute Gasteiger partial charge is 0.399 e. The van der Waals surface area contributed by atoms with Gasteiger partial charge in [-0.2, -0.15) is 0 Å². The van der Waals surface area contributed by atoms with Gasteiger partial charge in [0, 0.05) is 6.61 Å². The number of aliphatic hydroxyl groups is 1. The second-order valence-electron chi connectivity index (χ2n) is 9.16. The fraction of sp³-hybridized carbons (Fsp3) is 0.619. The van der Waals surface area contributed by atoms with E-state index in [9.17, 15) is 9.90 Å². The molecular weight excluding hydrogens is 371 g/mol. The first-order chi connectivity index (χ1) is 13.5. The van der Waals surface area contributed by atoms with E-state index in [1.807, 2.05) is 47.6 Å². The van der Waals surface area contributed by atoms with Crippen LogP contribution in [0.1, 0.15) is 51.3 Å². The van der Waals surface area contributed by atoms with Gasteiger partial charge in [-0.1, -0.05) is 0 Å². The minimum atomic E-state index is -0.630. The van der Waals surface area contributed by atoms with Crippen molar-refractivity contribution in [2.45, 2.75) is 71.3 Å². The normalized spacial score (nSPS) is 26.2. The van der Waals surface area contributed by atoms with Crippen molar-refractivity contribution in [3.8, 4) is 0 Å². The van der Waals surface area contributed by atoms with Crippen LogP contribution in [0.4, 0.5) is 0 Å². The standard InChI is InChI=1S/C21H29BN2O5/c1-12-13(2)18-14(9-15(12)22-28-20(3,4)21(5,6)29-22)19(26)24(11-23-18)16-10-27-8-7-17(16)25/h9,11,16-17,25H,7-8,10H2,1-6H3/t16-,17-/m1/s1. The van der Waals surface area contributed by atoms with Gasteiger partial charge in [0.05, 0.1) is 47.2 Å². The Hall–Kier alpha value is -1.74. The second kappa shape index (κ2) is 6.91. The topological polar surface area (TPSA) is 82.8 Å². The van der Waals surface area contributed by atoms with E-state index in [1.54, 1.807) is 0 Å². The van der Waals surface area contributed by atoms with Crippen LogP contribution in [0.15, 0.2) is 17.2 Å². The number of aliphatic hydroxyl groups excluding tert-OH is 1. The largest absolute Gasteiger partial charge is 0.495 e. The summed E-state index contributed by atoms with van der Waals surface area (Å²) in [5.74, 6) is 0. The number of rotatable bonds is 2. The molecule has 0 unspecified atom stereocenters. The van der Waals surface area contributed by atoms with Gasteiger partial charge in [0.1, 0.15) is 0 Å². The molecule has 1 N–H and O–H groups in total. The first kappa shape index (κ1) is 20.5. The molecule has 0 aliphatic carbocycles. The molecule has 0 saturated carbocycles. The molecule has 3 heterocycles. The van der Waals surface area contributed by atoms with E-state index in [2.05, 4.69) is 4.98 Å². The van der Waals surface area contributed by atoms with Crippen molar-refractivity contribution >= 4 is 23.5 Å². The third-order valence-electron chi connectivity index (χ3n) is 6.84. The van der Waals surface area contributed by atoms with Gasteiger partial charge in [-0.3, -0.25) is 9.36 Å². The van der Waals surface area contributed by atoms with Crippen LogP contribution in [0.3, 0.4) is 0 Å². The van der Waals surface area contributed by atoms with Crippen molar-refractivity contribution in [1.29, 1.82) is 0 Å². The van der Waals surface area contributed by atoms with Crippen molar-refractivity contribution in [1.82, 2.24) is 9.55 Å². The Morgan fingerprint density at radius 3 is 2.45 bits per heavy atom. The molecule has 7 nitrogen and oxygen atoms in total. The van der Waals surface area contributed by atoms with Gasteiger partial charge in [0.25, 0.3) is 5.56 Å². The number of aromatic nitrogens is 2. The number of hydrogen-bond acceptors (Lipinski definition) is 6. The van der Waals surface area contributed by atoms with Crippen LogP contribution in [0.2, 0.25) is 0 Å². The van der Waals surface area contributed by atoms with E-state index in [4.69, 9.17) is 14.0 Å². The van der Waals surface area contributed by atoms with Gasteiger partial charge in [0.15, 0.2) is 0 Å². The number of hydrogen-bond donors (Lipinski definition) is 1. The zero-order valence-corrected chi connectivity index (χ0v) is 18.0. The SMILES string of the molecule is Cc1c(B2OC(C)(C)C(C)(C)O2)cc2c(=O)n([C@@H]3COCC[C@H]3O)cnc2c1C. The molecular formula is C21H29BN2O5. The predicted octanol–water partition coefficient (Wildman–Crippen LogP) is 1.63. The van der Waals surface area contributed by atoms with Crippen LogP contribution in [0.5, 0.6) is 0 Å². The summed E-state index contributed by atoms with van der Waals surface area (Å²) >= 11 is 0. The summed E-state index contributed by atoms with van der Waals surface area (Å²) in [5, 5.41) is 10.9. The Bertz CT molecular complexity index is 1000. The van der Waals surface area contributed by atoms with Crippen LogP contribution in [0, 0.1) is 13.8 Å². The Morgan fingerprint density at radius 1 is 1.17 bits per heavy atom. The molecule has 2 aliphatic heterocycles. The van der Waals surface area contributed by atoms with Gasteiger partial charge in [-0.05, 0) is 70.6 Å². The molecule has 0 radical (unpaired) electrons. The highest BCUT2D eigenvalue weighted by molar-refractivity contribution is 6.63. The molecule has 2 aliphatic rings. The van der Waals surface area contributed by atoms with Gasteiger partial charge in [-0.15, -0.1) is 0 Å². The minimum absolute atomic E-state index is 0.189. The molecule has 29 heavy (non-hydrogen) atoms. The molecule has 2 atom stereocenters. The van der Waals surface area contributed by atoms with E-state index >= 15 is 0 Å². The zero-order chi connectivity index (χ0) is 21.1. The lowest BCUT2D eigenvalue weighted by atomic mass is 9.74. The highest BCUT2D eigenvalue weighted by Gasteiger charge is 2.52. The van der Waals surface area contributed by atoms with Crippen LogP contribution in [0.25, 0.3) is 10.9 Å². The average Bonchev–Trinajstić information content (AvgIpc) is 2.86. The van der Waals surface area contributed by atoms with Crippen LogP contribution >= 0.6 is 0 Å². The fourth-order valence-electron chi connectivity index (χ4n) is 4.00. The lowest BCUT2D eigenvalue weighted by Gasteiger charge is -2.32. The van der Waals surface area contributed by atoms with Crippen molar-refractivity contribution in [2.24, 2.45) is 0 Å². The van der Waals surface area contributed by atoms with Crippen molar-refractivity contribution in [3.63, 3.8) is 0 Å². The number of ether oxygens (including phenoxy) is 1. The first-order valence-corrected chi connectivity index (χ1v) is 10.2. The van der Waals surface area contributed by atoms with E-state index < -0.39 is 30.5 Å². The quantitative estimate of drug-likeness (QED) is 0.772. The monoisotopic (exact) mass is 400 g/mol. The third kappa shape index (κ3) is 3.22. The summed E-state index contributed by atoms with van der Waals surface area (Å²) in [6.45, 7) is 12.8. The molecule has 8 heteroatoms.